The van der Waals surface area contributed by atoms with Gasteiger partial charge in [-0.1, -0.05) is 80.3 Å². The maximum Gasteiger partial charge on any atom is 0.225 e. The number of rotatable bonds is 8. The molecule has 33 heavy (non-hydrogen) atoms. The summed E-state index contributed by atoms with van der Waals surface area (Å²) in [5.41, 5.74) is 2.75. The lowest BCUT2D eigenvalue weighted by atomic mass is 9.79. The zero-order valence-corrected chi connectivity index (χ0v) is 20.7. The molecule has 0 radical (unpaired) electrons. The number of amides is 1. The quantitative estimate of drug-likeness (QED) is 0.582. The smallest absolute Gasteiger partial charge is 0.225 e. The summed E-state index contributed by atoms with van der Waals surface area (Å²) in [5.74, 6) is 0.276. The number of nitrogens with one attached hydrogen (secondary N) is 1. The van der Waals surface area contributed by atoms with E-state index in [9.17, 15) is 4.79 Å². The Labute approximate surface area is 204 Å². The van der Waals surface area contributed by atoms with Crippen LogP contribution in [0, 0.1) is 5.92 Å². The van der Waals surface area contributed by atoms with Crippen molar-refractivity contribution in [3.05, 3.63) is 70.7 Å². The van der Waals surface area contributed by atoms with Gasteiger partial charge in [0.15, 0.2) is 0 Å². The Balaban J connectivity index is 1.31. The van der Waals surface area contributed by atoms with Crippen LogP contribution < -0.4 is 5.32 Å². The summed E-state index contributed by atoms with van der Waals surface area (Å²) >= 11 is 6.00. The molecule has 1 saturated heterocycles. The van der Waals surface area contributed by atoms with Gasteiger partial charge in [-0.05, 0) is 42.5 Å². The lowest BCUT2D eigenvalue weighted by molar-refractivity contribution is -0.138. The van der Waals surface area contributed by atoms with Gasteiger partial charge in [-0.2, -0.15) is 0 Å². The molecule has 2 fully saturated rings. The van der Waals surface area contributed by atoms with Crippen molar-refractivity contribution >= 4 is 17.5 Å². The zero-order valence-electron chi connectivity index (χ0n) is 19.9. The Bertz CT molecular complexity index is 872. The summed E-state index contributed by atoms with van der Waals surface area (Å²) in [5, 5.41) is 4.50. The molecule has 1 aliphatic carbocycles. The molecule has 5 heteroatoms. The Morgan fingerprint density at radius 2 is 1.61 bits per heavy atom. The van der Waals surface area contributed by atoms with E-state index in [1.807, 2.05) is 24.3 Å². The average molecular weight is 468 g/mol. The number of benzene rings is 2. The predicted octanol–water partition coefficient (Wildman–Crippen LogP) is 5.16. The van der Waals surface area contributed by atoms with Crippen LogP contribution in [0.3, 0.4) is 0 Å². The first-order valence-corrected chi connectivity index (χ1v) is 13.0. The minimum atomic E-state index is -0.00564. The van der Waals surface area contributed by atoms with Gasteiger partial charge in [0, 0.05) is 55.7 Å². The van der Waals surface area contributed by atoms with Gasteiger partial charge in [-0.3, -0.25) is 9.69 Å². The first-order valence-electron chi connectivity index (χ1n) is 12.6. The van der Waals surface area contributed by atoms with Gasteiger partial charge in [0.1, 0.15) is 0 Å². The van der Waals surface area contributed by atoms with Crippen molar-refractivity contribution in [3.8, 4) is 0 Å². The zero-order chi connectivity index (χ0) is 23.1. The van der Waals surface area contributed by atoms with Gasteiger partial charge in [0.25, 0.3) is 0 Å². The molecule has 1 saturated carbocycles. The van der Waals surface area contributed by atoms with Crippen molar-refractivity contribution in [1.29, 1.82) is 0 Å². The fourth-order valence-corrected chi connectivity index (χ4v) is 5.75. The van der Waals surface area contributed by atoms with Crippen LogP contribution in [-0.4, -0.2) is 54.0 Å². The molecule has 2 aromatic carbocycles. The average Bonchev–Trinajstić information content (AvgIpc) is 2.86. The van der Waals surface area contributed by atoms with Gasteiger partial charge in [-0.25, -0.2) is 0 Å². The third kappa shape index (κ3) is 6.38. The standard InChI is InChI=1S/C28H38ClN3O/c1-23(20-24-10-12-26(29)13-11-24)27(33)31-16-18-32(19-17-31)28(14-6-3-7-15-28)22-30-21-25-8-4-2-5-9-25/h2,4-5,8-13,23,30H,3,6-7,14-22H2,1H3. The largest absolute Gasteiger partial charge is 0.340 e. The minimum Gasteiger partial charge on any atom is -0.340 e. The molecule has 0 spiro atoms. The second kappa shape index (κ2) is 11.5. The number of nitrogens with zero attached hydrogens (tertiary/aromatic N) is 2. The highest BCUT2D eigenvalue weighted by Gasteiger charge is 2.39. The van der Waals surface area contributed by atoms with Crippen molar-refractivity contribution in [1.82, 2.24) is 15.1 Å². The number of halogens is 1. The van der Waals surface area contributed by atoms with E-state index in [0.717, 1.165) is 50.7 Å². The van der Waals surface area contributed by atoms with Crippen LogP contribution in [0.4, 0.5) is 0 Å². The summed E-state index contributed by atoms with van der Waals surface area (Å²) in [7, 11) is 0. The van der Waals surface area contributed by atoms with E-state index in [0.29, 0.717) is 0 Å². The highest BCUT2D eigenvalue weighted by Crippen LogP contribution is 2.34. The molecule has 1 aliphatic heterocycles. The fraction of sp³-hybridized carbons (Fsp3) is 0.536. The molecule has 0 aromatic heterocycles. The van der Waals surface area contributed by atoms with E-state index in [-0.39, 0.29) is 17.4 Å². The summed E-state index contributed by atoms with van der Waals surface area (Å²) in [4.78, 5) is 17.9. The summed E-state index contributed by atoms with van der Waals surface area (Å²) in [6.45, 7) is 7.64. The SMILES string of the molecule is CC(Cc1ccc(Cl)cc1)C(=O)N1CCN(C2(CNCc3ccccc3)CCCCC2)CC1. The number of hydrogen-bond acceptors (Lipinski definition) is 3. The lowest BCUT2D eigenvalue weighted by Crippen LogP contribution is -2.62. The molecule has 2 aliphatic rings. The topological polar surface area (TPSA) is 35.6 Å². The van der Waals surface area contributed by atoms with Gasteiger partial charge in [-0.15, -0.1) is 0 Å². The van der Waals surface area contributed by atoms with Crippen molar-refractivity contribution < 1.29 is 4.79 Å². The van der Waals surface area contributed by atoms with Crippen LogP contribution in [0.25, 0.3) is 0 Å². The molecule has 1 amide bonds. The van der Waals surface area contributed by atoms with E-state index in [1.54, 1.807) is 0 Å². The molecule has 1 N–H and O–H groups in total. The summed E-state index contributed by atoms with van der Waals surface area (Å²) in [6.07, 6.45) is 7.25. The van der Waals surface area contributed by atoms with Crippen LogP contribution >= 0.6 is 11.6 Å². The third-order valence-electron chi connectivity index (χ3n) is 7.55. The lowest BCUT2D eigenvalue weighted by Gasteiger charge is -2.50. The Morgan fingerprint density at radius 3 is 2.27 bits per heavy atom. The first-order chi connectivity index (χ1) is 16.1. The summed E-state index contributed by atoms with van der Waals surface area (Å²) < 4.78 is 0. The van der Waals surface area contributed by atoms with Gasteiger partial charge >= 0.3 is 0 Å². The van der Waals surface area contributed by atoms with Gasteiger partial charge < -0.3 is 10.2 Å². The molecule has 0 bridgehead atoms. The van der Waals surface area contributed by atoms with Crippen molar-refractivity contribution in [2.75, 3.05) is 32.7 Å². The maximum absolute atomic E-state index is 13.1. The molecule has 178 valence electrons. The van der Waals surface area contributed by atoms with Crippen molar-refractivity contribution in [2.45, 2.75) is 57.5 Å². The normalized spacial score (nSPS) is 19.9. The van der Waals surface area contributed by atoms with Crippen LogP contribution in [0.5, 0.6) is 0 Å². The van der Waals surface area contributed by atoms with Crippen molar-refractivity contribution in [2.24, 2.45) is 5.92 Å². The maximum atomic E-state index is 13.1. The monoisotopic (exact) mass is 467 g/mol. The molecule has 4 nitrogen and oxygen atoms in total. The number of piperazine rings is 1. The third-order valence-corrected chi connectivity index (χ3v) is 7.80. The van der Waals surface area contributed by atoms with Crippen LogP contribution in [0.2, 0.25) is 5.02 Å². The predicted molar refractivity (Wildman–Crippen MR) is 136 cm³/mol. The highest BCUT2D eigenvalue weighted by atomic mass is 35.5. The molecular formula is C28H38ClN3O. The van der Waals surface area contributed by atoms with Crippen LogP contribution in [-0.2, 0) is 17.8 Å². The molecule has 2 aromatic rings. The second-order valence-electron chi connectivity index (χ2n) is 9.92. The van der Waals surface area contributed by atoms with Crippen LogP contribution in [0.15, 0.2) is 54.6 Å². The van der Waals surface area contributed by atoms with E-state index in [2.05, 4.69) is 52.4 Å². The molecular weight excluding hydrogens is 430 g/mol. The number of carbonyl (C=O) groups is 1. The van der Waals surface area contributed by atoms with E-state index < -0.39 is 0 Å². The van der Waals surface area contributed by atoms with E-state index in [1.165, 1.54) is 43.2 Å². The van der Waals surface area contributed by atoms with E-state index >= 15 is 0 Å². The molecule has 1 atom stereocenters. The Kier molecular flexibility index (Phi) is 8.45. The molecule has 1 unspecified atom stereocenters. The van der Waals surface area contributed by atoms with Crippen LogP contribution in [0.1, 0.15) is 50.2 Å². The number of hydrogen-bond donors (Lipinski definition) is 1. The fourth-order valence-electron chi connectivity index (χ4n) is 5.62. The van der Waals surface area contributed by atoms with Gasteiger partial charge in [0.05, 0.1) is 0 Å². The Hall–Kier alpha value is -1.88. The molecule has 1 heterocycles. The van der Waals surface area contributed by atoms with Gasteiger partial charge in [0.2, 0.25) is 5.91 Å². The molecule has 4 rings (SSSR count). The minimum absolute atomic E-state index is 0.00564. The van der Waals surface area contributed by atoms with Crippen molar-refractivity contribution in [3.63, 3.8) is 0 Å². The first kappa shape index (κ1) is 24.3. The number of carbonyl (C=O) groups excluding carboxylic acids is 1. The second-order valence-corrected chi connectivity index (χ2v) is 10.4. The highest BCUT2D eigenvalue weighted by molar-refractivity contribution is 6.30. The Morgan fingerprint density at radius 1 is 0.939 bits per heavy atom. The summed E-state index contributed by atoms with van der Waals surface area (Å²) in [6, 6.07) is 18.5. The van der Waals surface area contributed by atoms with E-state index in [4.69, 9.17) is 11.6 Å².